The molecule has 1 aromatic rings. The molecule has 0 radical (unpaired) electrons. The molecule has 3 unspecified atom stereocenters. The van der Waals surface area contributed by atoms with Crippen molar-refractivity contribution in [1.82, 2.24) is 15.5 Å². The van der Waals surface area contributed by atoms with E-state index in [0.717, 1.165) is 5.56 Å². The standard InChI is InChI=1S/C25H35N3O7/c1-6-10-18-13-14-20(22(30)33-5)28(18)21(29)19(27-24(32)35-25(2,3)4)15-26-23(31)34-16-17-11-8-7-9-12-17/h6-9,11-12,18-20H,1,10,13-16H2,2-5H3,(H,26,31)(H,27,32). The van der Waals surface area contributed by atoms with Gasteiger partial charge in [0.05, 0.1) is 13.7 Å². The van der Waals surface area contributed by atoms with Crippen molar-refractivity contribution in [2.45, 2.75) is 70.4 Å². The molecule has 1 saturated heterocycles. The van der Waals surface area contributed by atoms with Crippen LogP contribution >= 0.6 is 0 Å². The smallest absolute Gasteiger partial charge is 0.408 e. The van der Waals surface area contributed by atoms with Crippen molar-refractivity contribution in [3.8, 4) is 0 Å². The molecule has 3 amide bonds. The Balaban J connectivity index is 2.15. The highest BCUT2D eigenvalue weighted by molar-refractivity contribution is 5.91. The topological polar surface area (TPSA) is 123 Å². The number of rotatable bonds is 9. The van der Waals surface area contributed by atoms with Crippen molar-refractivity contribution in [3.05, 3.63) is 48.6 Å². The highest BCUT2D eigenvalue weighted by Crippen LogP contribution is 2.28. The molecule has 1 aliphatic rings. The summed E-state index contributed by atoms with van der Waals surface area (Å²) in [5, 5.41) is 5.03. The van der Waals surface area contributed by atoms with Gasteiger partial charge in [-0.15, -0.1) is 6.58 Å². The first-order valence-electron chi connectivity index (χ1n) is 11.5. The lowest BCUT2D eigenvalue weighted by molar-refractivity contribution is -0.152. The molecular weight excluding hydrogens is 454 g/mol. The molecule has 3 atom stereocenters. The third-order valence-corrected chi connectivity index (χ3v) is 5.32. The van der Waals surface area contributed by atoms with Crippen LogP contribution < -0.4 is 10.6 Å². The van der Waals surface area contributed by atoms with Gasteiger partial charge >= 0.3 is 18.2 Å². The molecule has 10 nitrogen and oxygen atoms in total. The van der Waals surface area contributed by atoms with Gasteiger partial charge in [-0.25, -0.2) is 14.4 Å². The van der Waals surface area contributed by atoms with Gasteiger partial charge in [0.25, 0.3) is 0 Å². The van der Waals surface area contributed by atoms with E-state index >= 15 is 0 Å². The van der Waals surface area contributed by atoms with E-state index in [2.05, 4.69) is 17.2 Å². The van der Waals surface area contributed by atoms with Crippen molar-refractivity contribution in [2.75, 3.05) is 13.7 Å². The Bertz CT molecular complexity index is 898. The van der Waals surface area contributed by atoms with E-state index in [1.807, 2.05) is 30.3 Å². The molecule has 0 spiro atoms. The SMILES string of the molecule is C=CCC1CCC(C(=O)OC)N1C(=O)C(CNC(=O)OCc1ccccc1)NC(=O)OC(C)(C)C. The van der Waals surface area contributed by atoms with Crippen LogP contribution in [0.1, 0.15) is 45.6 Å². The lowest BCUT2D eigenvalue weighted by atomic mass is 10.1. The van der Waals surface area contributed by atoms with Crippen LogP contribution in [0, 0.1) is 0 Å². The molecule has 1 aliphatic heterocycles. The molecule has 1 aromatic carbocycles. The van der Waals surface area contributed by atoms with Crippen LogP contribution in [-0.2, 0) is 30.4 Å². The van der Waals surface area contributed by atoms with E-state index in [1.54, 1.807) is 26.8 Å². The Morgan fingerprint density at radius 3 is 2.43 bits per heavy atom. The van der Waals surface area contributed by atoms with Crippen LogP contribution in [0.15, 0.2) is 43.0 Å². The highest BCUT2D eigenvalue weighted by Gasteiger charge is 2.43. The van der Waals surface area contributed by atoms with Crippen molar-refractivity contribution < 1.29 is 33.4 Å². The minimum Gasteiger partial charge on any atom is -0.467 e. The van der Waals surface area contributed by atoms with Crippen LogP contribution in [0.2, 0.25) is 0 Å². The summed E-state index contributed by atoms with van der Waals surface area (Å²) in [6.45, 7) is 8.58. The molecule has 0 aliphatic carbocycles. The average Bonchev–Trinajstić information content (AvgIpc) is 3.22. The Hall–Kier alpha value is -3.56. The molecule has 35 heavy (non-hydrogen) atoms. The molecular formula is C25H35N3O7. The second-order valence-electron chi connectivity index (χ2n) is 9.18. The van der Waals surface area contributed by atoms with Gasteiger partial charge in [0.15, 0.2) is 0 Å². The number of carbonyl (C=O) groups excluding carboxylic acids is 4. The third kappa shape index (κ3) is 8.62. The van der Waals surface area contributed by atoms with Crippen molar-refractivity contribution in [2.24, 2.45) is 0 Å². The molecule has 0 saturated carbocycles. The van der Waals surface area contributed by atoms with Gasteiger partial charge in [0, 0.05) is 6.04 Å². The van der Waals surface area contributed by atoms with E-state index in [4.69, 9.17) is 14.2 Å². The minimum atomic E-state index is -1.20. The maximum Gasteiger partial charge on any atom is 0.408 e. The number of carbonyl (C=O) groups is 4. The number of methoxy groups -OCH3 is 1. The fourth-order valence-electron chi connectivity index (χ4n) is 3.80. The van der Waals surface area contributed by atoms with Gasteiger partial charge in [0.2, 0.25) is 5.91 Å². The molecule has 2 N–H and O–H groups in total. The van der Waals surface area contributed by atoms with Gasteiger partial charge in [0.1, 0.15) is 24.3 Å². The van der Waals surface area contributed by atoms with E-state index in [-0.39, 0.29) is 19.2 Å². The monoisotopic (exact) mass is 489 g/mol. The Kier molecular flexibility index (Phi) is 10.1. The largest absolute Gasteiger partial charge is 0.467 e. The quantitative estimate of drug-likeness (QED) is 0.311. The van der Waals surface area contributed by atoms with E-state index in [9.17, 15) is 19.2 Å². The number of ether oxygens (including phenoxy) is 3. The lowest BCUT2D eigenvalue weighted by Crippen LogP contribution is -2.58. The summed E-state index contributed by atoms with van der Waals surface area (Å²) < 4.78 is 15.4. The predicted octanol–water partition coefficient (Wildman–Crippen LogP) is 2.91. The molecule has 0 bridgehead atoms. The van der Waals surface area contributed by atoms with Crippen molar-refractivity contribution in [3.63, 3.8) is 0 Å². The van der Waals surface area contributed by atoms with E-state index in [0.29, 0.717) is 19.3 Å². The zero-order valence-electron chi connectivity index (χ0n) is 20.7. The lowest BCUT2D eigenvalue weighted by Gasteiger charge is -2.32. The summed E-state index contributed by atoms with van der Waals surface area (Å²) in [5.74, 6) is -1.09. The summed E-state index contributed by atoms with van der Waals surface area (Å²) in [5.41, 5.74) is 0.000209. The molecule has 0 aromatic heterocycles. The highest BCUT2D eigenvalue weighted by atomic mass is 16.6. The maximum absolute atomic E-state index is 13.6. The average molecular weight is 490 g/mol. The first-order chi connectivity index (χ1) is 16.6. The van der Waals surface area contributed by atoms with Gasteiger partial charge in [-0.1, -0.05) is 36.4 Å². The number of amides is 3. The first-order valence-corrected chi connectivity index (χ1v) is 11.5. The molecule has 192 valence electrons. The summed E-state index contributed by atoms with van der Waals surface area (Å²) in [7, 11) is 1.26. The number of alkyl carbamates (subject to hydrolysis) is 2. The first kappa shape index (κ1) is 27.7. The van der Waals surface area contributed by atoms with Crippen LogP contribution in [0.25, 0.3) is 0 Å². The zero-order chi connectivity index (χ0) is 26.0. The van der Waals surface area contributed by atoms with Crippen LogP contribution in [0.4, 0.5) is 9.59 Å². The second kappa shape index (κ2) is 12.8. The molecule has 1 heterocycles. The van der Waals surface area contributed by atoms with Crippen molar-refractivity contribution >= 4 is 24.1 Å². The summed E-state index contributed by atoms with van der Waals surface area (Å²) in [4.78, 5) is 52.1. The van der Waals surface area contributed by atoms with E-state index in [1.165, 1.54) is 12.0 Å². The summed E-state index contributed by atoms with van der Waals surface area (Å²) >= 11 is 0. The predicted molar refractivity (Wildman–Crippen MR) is 128 cm³/mol. The number of likely N-dealkylation sites (tertiary alicyclic amines) is 1. The molecule has 2 rings (SSSR count). The minimum absolute atomic E-state index is 0.0444. The third-order valence-electron chi connectivity index (χ3n) is 5.32. The molecule has 1 fully saturated rings. The fraction of sp³-hybridized carbons (Fsp3) is 0.520. The van der Waals surface area contributed by atoms with Crippen molar-refractivity contribution in [1.29, 1.82) is 0 Å². The number of nitrogens with one attached hydrogen (secondary N) is 2. The summed E-state index contributed by atoms with van der Waals surface area (Å²) in [6.07, 6.45) is 1.53. The normalized spacial score (nSPS) is 18.2. The molecule has 10 heteroatoms. The second-order valence-corrected chi connectivity index (χ2v) is 9.18. The Morgan fingerprint density at radius 1 is 1.14 bits per heavy atom. The number of hydrogen-bond donors (Lipinski definition) is 2. The number of esters is 1. The zero-order valence-corrected chi connectivity index (χ0v) is 20.7. The van der Waals surface area contributed by atoms with Gasteiger partial charge in [-0.3, -0.25) is 4.79 Å². The van der Waals surface area contributed by atoms with Crippen LogP contribution in [-0.4, -0.2) is 66.3 Å². The van der Waals surface area contributed by atoms with Crippen LogP contribution in [0.3, 0.4) is 0 Å². The van der Waals surface area contributed by atoms with Gasteiger partial charge in [-0.2, -0.15) is 0 Å². The van der Waals surface area contributed by atoms with Gasteiger partial charge < -0.3 is 29.7 Å². The van der Waals surface area contributed by atoms with E-state index < -0.39 is 41.7 Å². The maximum atomic E-state index is 13.6. The summed E-state index contributed by atoms with van der Waals surface area (Å²) in [6, 6.07) is 6.82. The number of hydrogen-bond acceptors (Lipinski definition) is 7. The fourth-order valence-corrected chi connectivity index (χ4v) is 3.80. The Morgan fingerprint density at radius 2 is 1.83 bits per heavy atom. The Labute approximate surface area is 206 Å². The van der Waals surface area contributed by atoms with Gasteiger partial charge in [-0.05, 0) is 45.6 Å². The number of benzene rings is 1. The van der Waals surface area contributed by atoms with Crippen LogP contribution in [0.5, 0.6) is 0 Å². The number of nitrogens with zero attached hydrogens (tertiary/aromatic N) is 1.